The van der Waals surface area contributed by atoms with Gasteiger partial charge in [0.05, 0.1) is 0 Å². The van der Waals surface area contributed by atoms with Crippen LogP contribution in [0.15, 0.2) is 24.3 Å². The van der Waals surface area contributed by atoms with Crippen molar-refractivity contribution in [1.29, 1.82) is 0 Å². The quantitative estimate of drug-likeness (QED) is 0.914. The molecular weight excluding hydrogens is 260 g/mol. The van der Waals surface area contributed by atoms with Gasteiger partial charge in [-0.15, -0.1) is 0 Å². The Morgan fingerprint density at radius 3 is 2.43 bits per heavy atom. The van der Waals surface area contributed by atoms with E-state index in [4.69, 9.17) is 10.7 Å². The van der Waals surface area contributed by atoms with E-state index in [-0.39, 0.29) is 0 Å². The molecular formula is C17H24N4. The van der Waals surface area contributed by atoms with E-state index < -0.39 is 0 Å². The van der Waals surface area contributed by atoms with Gasteiger partial charge in [0.25, 0.3) is 0 Å². The van der Waals surface area contributed by atoms with Gasteiger partial charge >= 0.3 is 0 Å². The van der Waals surface area contributed by atoms with Gasteiger partial charge in [0.15, 0.2) is 0 Å². The molecule has 0 amide bonds. The van der Waals surface area contributed by atoms with E-state index in [1.54, 1.807) is 0 Å². The molecule has 0 radical (unpaired) electrons. The van der Waals surface area contributed by atoms with Gasteiger partial charge in [-0.1, -0.05) is 19.1 Å². The van der Waals surface area contributed by atoms with Crippen LogP contribution >= 0.6 is 0 Å². The maximum atomic E-state index is 6.40. The SMILES string of the molecule is CCCc1nc(-c2ccc(N(C)C)cc2)c(N)n1C1CC1. The van der Waals surface area contributed by atoms with E-state index in [9.17, 15) is 0 Å². The van der Waals surface area contributed by atoms with Crippen molar-refractivity contribution in [3.8, 4) is 11.3 Å². The van der Waals surface area contributed by atoms with Crippen LogP contribution in [0.2, 0.25) is 0 Å². The van der Waals surface area contributed by atoms with Gasteiger partial charge in [-0.3, -0.25) is 0 Å². The van der Waals surface area contributed by atoms with Crippen LogP contribution in [0.5, 0.6) is 0 Å². The summed E-state index contributed by atoms with van der Waals surface area (Å²) in [7, 11) is 4.09. The van der Waals surface area contributed by atoms with E-state index in [0.29, 0.717) is 6.04 Å². The Balaban J connectivity index is 1.99. The highest BCUT2D eigenvalue weighted by Crippen LogP contribution is 2.41. The second-order valence-corrected chi connectivity index (χ2v) is 6.05. The van der Waals surface area contributed by atoms with Crippen LogP contribution in [0.3, 0.4) is 0 Å². The summed E-state index contributed by atoms with van der Waals surface area (Å²) in [6, 6.07) is 9.03. The fourth-order valence-electron chi connectivity index (χ4n) is 2.76. The van der Waals surface area contributed by atoms with Gasteiger partial charge in [-0.25, -0.2) is 4.98 Å². The molecule has 4 nitrogen and oxygen atoms in total. The average Bonchev–Trinajstić information content (AvgIpc) is 3.25. The summed E-state index contributed by atoms with van der Waals surface area (Å²) >= 11 is 0. The molecule has 21 heavy (non-hydrogen) atoms. The number of imidazole rings is 1. The van der Waals surface area contributed by atoms with Crippen molar-refractivity contribution in [2.45, 2.75) is 38.6 Å². The first-order valence-electron chi connectivity index (χ1n) is 7.76. The van der Waals surface area contributed by atoms with Crippen molar-refractivity contribution in [3.05, 3.63) is 30.1 Å². The van der Waals surface area contributed by atoms with Gasteiger partial charge in [-0.05, 0) is 31.4 Å². The minimum atomic E-state index is 0.578. The van der Waals surface area contributed by atoms with Gasteiger partial charge in [0.2, 0.25) is 0 Å². The molecule has 4 heteroatoms. The molecule has 0 bridgehead atoms. The van der Waals surface area contributed by atoms with E-state index in [1.807, 2.05) is 14.1 Å². The van der Waals surface area contributed by atoms with Crippen LogP contribution in [0.4, 0.5) is 11.5 Å². The third kappa shape index (κ3) is 2.62. The highest BCUT2D eigenvalue weighted by Gasteiger charge is 2.29. The minimum Gasteiger partial charge on any atom is -0.383 e. The zero-order valence-electron chi connectivity index (χ0n) is 13.1. The third-order valence-electron chi connectivity index (χ3n) is 4.06. The van der Waals surface area contributed by atoms with Crippen LogP contribution in [-0.2, 0) is 6.42 Å². The Labute approximate surface area is 126 Å². The van der Waals surface area contributed by atoms with E-state index in [1.165, 1.54) is 18.5 Å². The number of aromatic nitrogens is 2. The molecule has 1 aliphatic rings. The number of nitrogens with two attached hydrogens (primary N) is 1. The van der Waals surface area contributed by atoms with Gasteiger partial charge in [-0.2, -0.15) is 0 Å². The molecule has 1 saturated carbocycles. The average molecular weight is 284 g/mol. The molecule has 0 saturated heterocycles. The Morgan fingerprint density at radius 1 is 1.24 bits per heavy atom. The standard InChI is InChI=1S/C17H24N4/c1-4-5-15-19-16(17(18)21(15)14-10-11-14)12-6-8-13(9-7-12)20(2)3/h6-9,14H,4-5,10-11,18H2,1-3H3. The van der Waals surface area contributed by atoms with Crippen molar-refractivity contribution in [1.82, 2.24) is 9.55 Å². The summed E-state index contributed by atoms with van der Waals surface area (Å²) in [4.78, 5) is 6.93. The van der Waals surface area contributed by atoms with E-state index >= 15 is 0 Å². The number of aryl methyl sites for hydroxylation is 1. The predicted molar refractivity (Wildman–Crippen MR) is 88.7 cm³/mol. The highest BCUT2D eigenvalue weighted by atomic mass is 15.2. The fraction of sp³-hybridized carbons (Fsp3) is 0.471. The number of nitrogens with zero attached hydrogens (tertiary/aromatic N) is 3. The molecule has 1 aromatic heterocycles. The monoisotopic (exact) mass is 284 g/mol. The topological polar surface area (TPSA) is 47.1 Å². The van der Waals surface area contributed by atoms with Crippen LogP contribution < -0.4 is 10.6 Å². The summed E-state index contributed by atoms with van der Waals surface area (Å²) in [6.45, 7) is 2.19. The lowest BCUT2D eigenvalue weighted by molar-refractivity contribution is 0.676. The normalized spacial score (nSPS) is 14.4. The largest absolute Gasteiger partial charge is 0.383 e. The molecule has 2 N–H and O–H groups in total. The number of rotatable bonds is 5. The summed E-state index contributed by atoms with van der Waals surface area (Å²) in [5.41, 5.74) is 9.63. The molecule has 0 unspecified atom stereocenters. The molecule has 0 spiro atoms. The summed E-state index contributed by atoms with van der Waals surface area (Å²) in [5, 5.41) is 0. The van der Waals surface area contributed by atoms with E-state index in [0.717, 1.165) is 35.7 Å². The number of benzene rings is 1. The van der Waals surface area contributed by atoms with Crippen molar-refractivity contribution in [3.63, 3.8) is 0 Å². The summed E-state index contributed by atoms with van der Waals surface area (Å²) < 4.78 is 2.26. The molecule has 1 aliphatic carbocycles. The zero-order chi connectivity index (χ0) is 15.0. The Morgan fingerprint density at radius 2 is 1.90 bits per heavy atom. The third-order valence-corrected chi connectivity index (χ3v) is 4.06. The van der Waals surface area contributed by atoms with E-state index in [2.05, 4.69) is 40.7 Å². The van der Waals surface area contributed by atoms with Crippen molar-refractivity contribution >= 4 is 11.5 Å². The number of hydrogen-bond acceptors (Lipinski definition) is 3. The predicted octanol–water partition coefficient (Wildman–Crippen LogP) is 3.49. The summed E-state index contributed by atoms with van der Waals surface area (Å²) in [6.07, 6.45) is 4.56. The molecule has 0 aliphatic heterocycles. The fourth-order valence-corrected chi connectivity index (χ4v) is 2.76. The highest BCUT2D eigenvalue weighted by molar-refractivity contribution is 5.72. The lowest BCUT2D eigenvalue weighted by Crippen LogP contribution is -2.08. The van der Waals surface area contributed by atoms with Gasteiger partial charge < -0.3 is 15.2 Å². The first-order chi connectivity index (χ1) is 10.1. The maximum Gasteiger partial charge on any atom is 0.131 e. The lowest BCUT2D eigenvalue weighted by Gasteiger charge is -2.12. The summed E-state index contributed by atoms with van der Waals surface area (Å²) in [5.74, 6) is 1.97. The molecule has 112 valence electrons. The zero-order valence-corrected chi connectivity index (χ0v) is 13.1. The second-order valence-electron chi connectivity index (χ2n) is 6.05. The molecule has 0 atom stereocenters. The van der Waals surface area contributed by atoms with Crippen LogP contribution in [0, 0.1) is 0 Å². The van der Waals surface area contributed by atoms with Crippen molar-refractivity contribution in [2.75, 3.05) is 24.7 Å². The number of nitrogen functional groups attached to an aromatic ring is 1. The number of hydrogen-bond donors (Lipinski definition) is 1. The van der Waals surface area contributed by atoms with Gasteiger partial charge in [0.1, 0.15) is 17.3 Å². The Bertz CT molecular complexity index is 621. The number of anilines is 2. The van der Waals surface area contributed by atoms with Crippen LogP contribution in [0.25, 0.3) is 11.3 Å². The van der Waals surface area contributed by atoms with Crippen molar-refractivity contribution < 1.29 is 0 Å². The van der Waals surface area contributed by atoms with Crippen LogP contribution in [-0.4, -0.2) is 23.6 Å². The Hall–Kier alpha value is -1.97. The molecule has 2 aromatic rings. The maximum absolute atomic E-state index is 6.40. The Kier molecular flexibility index (Phi) is 3.62. The lowest BCUT2D eigenvalue weighted by atomic mass is 10.1. The van der Waals surface area contributed by atoms with Gasteiger partial charge in [0, 0.05) is 37.8 Å². The first-order valence-corrected chi connectivity index (χ1v) is 7.76. The van der Waals surface area contributed by atoms with Crippen molar-refractivity contribution in [2.24, 2.45) is 0 Å². The first kappa shape index (κ1) is 14.0. The smallest absolute Gasteiger partial charge is 0.131 e. The molecule has 1 heterocycles. The van der Waals surface area contributed by atoms with Crippen LogP contribution in [0.1, 0.15) is 38.1 Å². The molecule has 1 fully saturated rings. The second kappa shape index (κ2) is 5.43. The minimum absolute atomic E-state index is 0.578. The molecule has 3 rings (SSSR count). The molecule has 1 aromatic carbocycles.